The molecule has 98 valence electrons. The van der Waals surface area contributed by atoms with Crippen LogP contribution in [0.3, 0.4) is 0 Å². The van der Waals surface area contributed by atoms with Gasteiger partial charge >= 0.3 is 0 Å². The van der Waals surface area contributed by atoms with Crippen LogP contribution in [0.15, 0.2) is 24.3 Å². The average molecular weight is 252 g/mol. The molecule has 0 aliphatic carbocycles. The van der Waals surface area contributed by atoms with Crippen LogP contribution < -0.4 is 10.6 Å². The van der Waals surface area contributed by atoms with E-state index in [-0.39, 0.29) is 30.6 Å². The lowest BCUT2D eigenvalue weighted by atomic mass is 10.1. The lowest BCUT2D eigenvalue weighted by molar-refractivity contribution is -0.126. The van der Waals surface area contributed by atoms with E-state index in [1.807, 2.05) is 6.92 Å². The predicted octanol–water partition coefficient (Wildman–Crippen LogP) is 1.01. The van der Waals surface area contributed by atoms with Gasteiger partial charge < -0.3 is 10.6 Å². The van der Waals surface area contributed by atoms with Crippen molar-refractivity contribution in [2.45, 2.75) is 19.8 Å². The van der Waals surface area contributed by atoms with Gasteiger partial charge in [-0.15, -0.1) is 0 Å². The maximum absolute atomic E-state index is 12.6. The van der Waals surface area contributed by atoms with E-state index < -0.39 is 0 Å². The van der Waals surface area contributed by atoms with Crippen LogP contribution in [0, 0.1) is 5.82 Å². The highest BCUT2D eigenvalue weighted by molar-refractivity contribution is 5.84. The highest BCUT2D eigenvalue weighted by Crippen LogP contribution is 2.05. The van der Waals surface area contributed by atoms with Gasteiger partial charge in [0.15, 0.2) is 0 Å². The van der Waals surface area contributed by atoms with Crippen molar-refractivity contribution in [3.05, 3.63) is 35.6 Å². The lowest BCUT2D eigenvalue weighted by Gasteiger charge is -2.05. The SMILES string of the molecule is CCNC(=O)CNC(=O)CCc1ccc(F)cc1. The number of rotatable bonds is 6. The number of hydrogen-bond acceptors (Lipinski definition) is 2. The van der Waals surface area contributed by atoms with Crippen LogP contribution in [0.25, 0.3) is 0 Å². The molecule has 0 aliphatic rings. The number of carbonyl (C=O) groups excluding carboxylic acids is 2. The summed E-state index contributed by atoms with van der Waals surface area (Å²) in [6, 6.07) is 6.02. The molecule has 1 rings (SSSR count). The van der Waals surface area contributed by atoms with Crippen molar-refractivity contribution in [3.63, 3.8) is 0 Å². The van der Waals surface area contributed by atoms with Crippen LogP contribution in [-0.2, 0) is 16.0 Å². The Balaban J connectivity index is 2.24. The Morgan fingerprint density at radius 2 is 1.78 bits per heavy atom. The number of hydrogen-bond donors (Lipinski definition) is 2. The Morgan fingerprint density at radius 1 is 1.11 bits per heavy atom. The molecule has 2 N–H and O–H groups in total. The fraction of sp³-hybridized carbons (Fsp3) is 0.385. The first kappa shape index (κ1) is 14.2. The molecular formula is C13H17FN2O2. The number of aryl methyl sites for hydroxylation is 1. The highest BCUT2D eigenvalue weighted by Gasteiger charge is 2.05. The van der Waals surface area contributed by atoms with Gasteiger partial charge in [0.25, 0.3) is 0 Å². The molecule has 0 aromatic heterocycles. The van der Waals surface area contributed by atoms with Gasteiger partial charge in [-0.1, -0.05) is 12.1 Å². The number of likely N-dealkylation sites (N-methyl/N-ethyl adjacent to an activating group) is 1. The van der Waals surface area contributed by atoms with Crippen molar-refractivity contribution < 1.29 is 14.0 Å². The molecule has 0 bridgehead atoms. The van der Waals surface area contributed by atoms with Crippen LogP contribution in [0.5, 0.6) is 0 Å². The summed E-state index contributed by atoms with van der Waals surface area (Å²) in [6.45, 7) is 2.36. The van der Waals surface area contributed by atoms with E-state index in [9.17, 15) is 14.0 Å². The van der Waals surface area contributed by atoms with Crippen molar-refractivity contribution >= 4 is 11.8 Å². The highest BCUT2D eigenvalue weighted by atomic mass is 19.1. The van der Waals surface area contributed by atoms with Crippen molar-refractivity contribution in [3.8, 4) is 0 Å². The summed E-state index contributed by atoms with van der Waals surface area (Å²) in [4.78, 5) is 22.5. The van der Waals surface area contributed by atoms with Crippen molar-refractivity contribution in [1.29, 1.82) is 0 Å². The standard InChI is InChI=1S/C13H17FN2O2/c1-2-15-13(18)9-16-12(17)8-5-10-3-6-11(14)7-4-10/h3-4,6-7H,2,5,8-9H2,1H3,(H,15,18)(H,16,17). The molecular weight excluding hydrogens is 235 g/mol. The first-order valence-corrected chi connectivity index (χ1v) is 5.89. The lowest BCUT2D eigenvalue weighted by Crippen LogP contribution is -2.36. The maximum Gasteiger partial charge on any atom is 0.239 e. The summed E-state index contributed by atoms with van der Waals surface area (Å²) >= 11 is 0. The molecule has 0 unspecified atom stereocenters. The van der Waals surface area contributed by atoms with Gasteiger partial charge in [-0.2, -0.15) is 0 Å². The van der Waals surface area contributed by atoms with Gasteiger partial charge in [0.05, 0.1) is 6.54 Å². The van der Waals surface area contributed by atoms with Crippen molar-refractivity contribution in [1.82, 2.24) is 10.6 Å². The molecule has 4 nitrogen and oxygen atoms in total. The minimum atomic E-state index is -0.292. The van der Waals surface area contributed by atoms with Crippen LogP contribution in [0.4, 0.5) is 4.39 Å². The van der Waals surface area contributed by atoms with Gasteiger partial charge in [0.1, 0.15) is 5.82 Å². The van der Waals surface area contributed by atoms with E-state index in [0.717, 1.165) is 5.56 Å². The fourth-order valence-corrected chi connectivity index (χ4v) is 1.44. The Kier molecular flexibility index (Phi) is 5.84. The summed E-state index contributed by atoms with van der Waals surface area (Å²) < 4.78 is 12.6. The van der Waals surface area contributed by atoms with E-state index in [2.05, 4.69) is 10.6 Å². The predicted molar refractivity (Wildman–Crippen MR) is 66.4 cm³/mol. The molecule has 0 spiro atoms. The second-order valence-electron chi connectivity index (χ2n) is 3.86. The number of nitrogens with one attached hydrogen (secondary N) is 2. The largest absolute Gasteiger partial charge is 0.355 e. The zero-order chi connectivity index (χ0) is 13.4. The minimum absolute atomic E-state index is 0.00388. The summed E-state index contributed by atoms with van der Waals surface area (Å²) in [5.74, 6) is -0.683. The molecule has 5 heteroatoms. The summed E-state index contributed by atoms with van der Waals surface area (Å²) in [7, 11) is 0. The van der Waals surface area contributed by atoms with Crippen LogP contribution >= 0.6 is 0 Å². The maximum atomic E-state index is 12.6. The molecule has 0 heterocycles. The first-order valence-electron chi connectivity index (χ1n) is 5.89. The van der Waals surface area contributed by atoms with E-state index in [1.54, 1.807) is 12.1 Å². The molecule has 2 amide bonds. The molecule has 0 saturated carbocycles. The normalized spacial score (nSPS) is 9.89. The molecule has 1 aromatic carbocycles. The van der Waals surface area contributed by atoms with Crippen molar-refractivity contribution in [2.24, 2.45) is 0 Å². The smallest absolute Gasteiger partial charge is 0.239 e. The number of carbonyl (C=O) groups is 2. The zero-order valence-electron chi connectivity index (χ0n) is 10.3. The molecule has 0 aliphatic heterocycles. The number of halogens is 1. The molecule has 0 fully saturated rings. The first-order chi connectivity index (χ1) is 8.61. The van der Waals surface area contributed by atoms with Gasteiger partial charge in [-0.05, 0) is 31.0 Å². The van der Waals surface area contributed by atoms with Gasteiger partial charge in [-0.25, -0.2) is 4.39 Å². The fourth-order valence-electron chi connectivity index (χ4n) is 1.44. The van der Waals surface area contributed by atoms with E-state index in [4.69, 9.17) is 0 Å². The number of amides is 2. The minimum Gasteiger partial charge on any atom is -0.355 e. The van der Waals surface area contributed by atoms with Gasteiger partial charge in [0, 0.05) is 13.0 Å². The molecule has 0 atom stereocenters. The van der Waals surface area contributed by atoms with E-state index >= 15 is 0 Å². The Bertz CT molecular complexity index is 404. The van der Waals surface area contributed by atoms with E-state index in [1.165, 1.54) is 12.1 Å². The third kappa shape index (κ3) is 5.43. The quantitative estimate of drug-likeness (QED) is 0.794. The van der Waals surface area contributed by atoms with Gasteiger partial charge in [0.2, 0.25) is 11.8 Å². The second kappa shape index (κ2) is 7.42. The third-order valence-corrected chi connectivity index (χ3v) is 2.37. The van der Waals surface area contributed by atoms with Crippen LogP contribution in [0.2, 0.25) is 0 Å². The van der Waals surface area contributed by atoms with E-state index in [0.29, 0.717) is 13.0 Å². The molecule has 1 aromatic rings. The van der Waals surface area contributed by atoms with Crippen LogP contribution in [0.1, 0.15) is 18.9 Å². The van der Waals surface area contributed by atoms with Crippen LogP contribution in [-0.4, -0.2) is 24.9 Å². The topological polar surface area (TPSA) is 58.2 Å². The Labute approximate surface area is 106 Å². The average Bonchev–Trinajstić information content (AvgIpc) is 2.36. The second-order valence-corrected chi connectivity index (χ2v) is 3.86. The Hall–Kier alpha value is -1.91. The number of benzene rings is 1. The molecule has 0 radical (unpaired) electrons. The Morgan fingerprint density at radius 3 is 2.39 bits per heavy atom. The van der Waals surface area contributed by atoms with Gasteiger partial charge in [-0.3, -0.25) is 9.59 Å². The summed E-state index contributed by atoms with van der Waals surface area (Å²) in [6.07, 6.45) is 0.812. The third-order valence-electron chi connectivity index (χ3n) is 2.37. The molecule has 18 heavy (non-hydrogen) atoms. The monoisotopic (exact) mass is 252 g/mol. The summed E-state index contributed by atoms with van der Waals surface area (Å²) in [5, 5.41) is 5.11. The molecule has 0 saturated heterocycles. The summed E-state index contributed by atoms with van der Waals surface area (Å²) in [5.41, 5.74) is 0.893. The zero-order valence-corrected chi connectivity index (χ0v) is 10.3. The van der Waals surface area contributed by atoms with Crippen molar-refractivity contribution in [2.75, 3.05) is 13.1 Å².